The third-order valence-corrected chi connectivity index (χ3v) is 5.11. The van der Waals surface area contributed by atoms with Crippen LogP contribution in [-0.2, 0) is 4.79 Å². The molecule has 1 aliphatic rings. The highest BCUT2D eigenvalue weighted by Crippen LogP contribution is 2.30. The van der Waals surface area contributed by atoms with E-state index >= 15 is 0 Å². The van der Waals surface area contributed by atoms with Crippen LogP contribution in [0.5, 0.6) is 0 Å². The SMILES string of the molecule is CC[C@H](C(=O)NCC1(N(C)C)CCCCCC1)n1cccn1. The van der Waals surface area contributed by atoms with E-state index in [1.807, 2.05) is 19.2 Å². The summed E-state index contributed by atoms with van der Waals surface area (Å²) in [7, 11) is 4.28. The highest BCUT2D eigenvalue weighted by atomic mass is 16.2. The minimum Gasteiger partial charge on any atom is -0.352 e. The standard InChI is InChI=1S/C17H30N4O/c1-4-15(21-13-9-12-19-21)16(22)18-14-17(20(2)3)10-7-5-6-8-11-17/h9,12-13,15H,4-8,10-11,14H2,1-3H3,(H,18,22)/t15-/m1/s1. The van der Waals surface area contributed by atoms with E-state index in [-0.39, 0.29) is 17.5 Å². The van der Waals surface area contributed by atoms with Gasteiger partial charge < -0.3 is 10.2 Å². The normalized spacial score (nSPS) is 19.6. The van der Waals surface area contributed by atoms with Crippen LogP contribution in [0.25, 0.3) is 0 Å². The van der Waals surface area contributed by atoms with Gasteiger partial charge in [-0.25, -0.2) is 0 Å². The molecule has 1 heterocycles. The van der Waals surface area contributed by atoms with Crippen LogP contribution in [0.1, 0.15) is 57.9 Å². The lowest BCUT2D eigenvalue weighted by Crippen LogP contribution is -2.53. The van der Waals surface area contributed by atoms with Crippen LogP contribution in [0.15, 0.2) is 18.5 Å². The summed E-state index contributed by atoms with van der Waals surface area (Å²) >= 11 is 0. The van der Waals surface area contributed by atoms with Crippen LogP contribution in [0, 0.1) is 0 Å². The Balaban J connectivity index is 2.00. The van der Waals surface area contributed by atoms with Crippen molar-refractivity contribution in [3.8, 4) is 0 Å². The fourth-order valence-corrected chi connectivity index (χ4v) is 3.50. The number of likely N-dealkylation sites (N-methyl/N-ethyl adjacent to an activating group) is 1. The van der Waals surface area contributed by atoms with E-state index in [0.29, 0.717) is 0 Å². The number of carbonyl (C=O) groups is 1. The van der Waals surface area contributed by atoms with Gasteiger partial charge in [-0.3, -0.25) is 9.48 Å². The van der Waals surface area contributed by atoms with Gasteiger partial charge in [-0.15, -0.1) is 0 Å². The summed E-state index contributed by atoms with van der Waals surface area (Å²) in [6, 6.07) is 1.66. The lowest BCUT2D eigenvalue weighted by molar-refractivity contribution is -0.125. The lowest BCUT2D eigenvalue weighted by atomic mass is 9.88. The highest BCUT2D eigenvalue weighted by molar-refractivity contribution is 5.80. The summed E-state index contributed by atoms with van der Waals surface area (Å²) in [6.07, 6.45) is 11.8. The van der Waals surface area contributed by atoms with Crippen molar-refractivity contribution < 1.29 is 4.79 Å². The van der Waals surface area contributed by atoms with Gasteiger partial charge >= 0.3 is 0 Å². The van der Waals surface area contributed by atoms with E-state index in [4.69, 9.17) is 0 Å². The van der Waals surface area contributed by atoms with Crippen molar-refractivity contribution >= 4 is 5.91 Å². The first kappa shape index (κ1) is 17.0. The maximum absolute atomic E-state index is 12.6. The fraction of sp³-hybridized carbons (Fsp3) is 0.765. The molecule has 5 nitrogen and oxygen atoms in total. The molecule has 0 radical (unpaired) electrons. The molecule has 1 atom stereocenters. The Morgan fingerprint density at radius 3 is 2.50 bits per heavy atom. The number of hydrogen-bond donors (Lipinski definition) is 1. The van der Waals surface area contributed by atoms with Crippen molar-refractivity contribution in [3.05, 3.63) is 18.5 Å². The molecule has 1 amide bonds. The summed E-state index contributed by atoms with van der Waals surface area (Å²) in [6.45, 7) is 2.76. The molecule has 1 saturated carbocycles. The van der Waals surface area contributed by atoms with E-state index < -0.39 is 0 Å². The van der Waals surface area contributed by atoms with Gasteiger partial charge in [-0.1, -0.05) is 32.6 Å². The average molecular weight is 306 g/mol. The van der Waals surface area contributed by atoms with Crippen molar-refractivity contribution in [2.45, 2.75) is 63.5 Å². The number of nitrogens with zero attached hydrogens (tertiary/aromatic N) is 3. The molecule has 1 fully saturated rings. The third-order valence-electron chi connectivity index (χ3n) is 5.11. The summed E-state index contributed by atoms with van der Waals surface area (Å²) in [5, 5.41) is 7.42. The predicted molar refractivity (Wildman–Crippen MR) is 88.7 cm³/mol. The van der Waals surface area contributed by atoms with Gasteiger partial charge in [0.25, 0.3) is 0 Å². The first-order valence-corrected chi connectivity index (χ1v) is 8.53. The molecular weight excluding hydrogens is 276 g/mol. The molecule has 0 saturated heterocycles. The van der Waals surface area contributed by atoms with Gasteiger partial charge in [0.2, 0.25) is 5.91 Å². The minimum absolute atomic E-state index is 0.0803. The molecule has 0 unspecified atom stereocenters. The molecular formula is C17H30N4O. The molecule has 0 aromatic carbocycles. The molecule has 124 valence electrons. The summed E-state index contributed by atoms with van der Waals surface area (Å²) in [5.74, 6) is 0.0803. The molecule has 0 bridgehead atoms. The van der Waals surface area contributed by atoms with E-state index in [0.717, 1.165) is 13.0 Å². The number of carbonyl (C=O) groups excluding carboxylic acids is 1. The fourth-order valence-electron chi connectivity index (χ4n) is 3.50. The summed E-state index contributed by atoms with van der Waals surface area (Å²) in [5.41, 5.74) is 0.106. The molecule has 1 aromatic heterocycles. The summed E-state index contributed by atoms with van der Waals surface area (Å²) < 4.78 is 1.75. The molecule has 0 aliphatic heterocycles. The maximum atomic E-state index is 12.6. The Kier molecular flexibility index (Phi) is 6.00. The monoisotopic (exact) mass is 306 g/mol. The van der Waals surface area contributed by atoms with Crippen LogP contribution in [0.2, 0.25) is 0 Å². The van der Waals surface area contributed by atoms with Crippen LogP contribution < -0.4 is 5.32 Å². The smallest absolute Gasteiger partial charge is 0.244 e. The van der Waals surface area contributed by atoms with Crippen molar-refractivity contribution in [1.82, 2.24) is 20.0 Å². The quantitative estimate of drug-likeness (QED) is 0.822. The van der Waals surface area contributed by atoms with Crippen molar-refractivity contribution in [2.75, 3.05) is 20.6 Å². The zero-order valence-electron chi connectivity index (χ0n) is 14.2. The molecule has 1 aliphatic carbocycles. The largest absolute Gasteiger partial charge is 0.352 e. The first-order chi connectivity index (χ1) is 10.6. The summed E-state index contributed by atoms with van der Waals surface area (Å²) in [4.78, 5) is 14.9. The minimum atomic E-state index is -0.208. The molecule has 22 heavy (non-hydrogen) atoms. The second-order valence-electron chi connectivity index (χ2n) is 6.66. The van der Waals surface area contributed by atoms with E-state index in [9.17, 15) is 4.79 Å². The average Bonchev–Trinajstić information content (AvgIpc) is 2.90. The lowest BCUT2D eigenvalue weighted by Gasteiger charge is -2.40. The second-order valence-corrected chi connectivity index (χ2v) is 6.66. The van der Waals surface area contributed by atoms with Crippen molar-refractivity contribution in [2.24, 2.45) is 0 Å². The Labute approximate surface area is 134 Å². The predicted octanol–water partition coefficient (Wildman–Crippen LogP) is 2.61. The molecule has 0 spiro atoms. The van der Waals surface area contributed by atoms with Crippen LogP contribution in [0.4, 0.5) is 0 Å². The van der Waals surface area contributed by atoms with Crippen LogP contribution >= 0.6 is 0 Å². The third kappa shape index (κ3) is 3.88. The second kappa shape index (κ2) is 7.77. The Morgan fingerprint density at radius 2 is 2.00 bits per heavy atom. The number of hydrogen-bond acceptors (Lipinski definition) is 3. The van der Waals surface area contributed by atoms with Crippen molar-refractivity contribution in [1.29, 1.82) is 0 Å². The van der Waals surface area contributed by atoms with Crippen LogP contribution in [0.3, 0.4) is 0 Å². The number of aromatic nitrogens is 2. The molecule has 1 N–H and O–H groups in total. The van der Waals surface area contributed by atoms with Crippen molar-refractivity contribution in [3.63, 3.8) is 0 Å². The van der Waals surface area contributed by atoms with Gasteiger partial charge in [0.15, 0.2) is 0 Å². The maximum Gasteiger partial charge on any atom is 0.244 e. The first-order valence-electron chi connectivity index (χ1n) is 8.53. The topological polar surface area (TPSA) is 50.2 Å². The van der Waals surface area contributed by atoms with E-state index in [1.165, 1.54) is 38.5 Å². The zero-order chi connectivity index (χ0) is 16.0. The molecule has 1 aromatic rings. The highest BCUT2D eigenvalue weighted by Gasteiger charge is 2.34. The van der Waals surface area contributed by atoms with Crippen LogP contribution in [-0.4, -0.2) is 46.8 Å². The number of amides is 1. The zero-order valence-corrected chi connectivity index (χ0v) is 14.2. The van der Waals surface area contributed by atoms with Gasteiger partial charge in [0, 0.05) is 24.5 Å². The van der Waals surface area contributed by atoms with Gasteiger partial charge in [0.05, 0.1) is 0 Å². The Hall–Kier alpha value is -1.36. The number of rotatable bonds is 6. The Bertz CT molecular complexity index is 447. The van der Waals surface area contributed by atoms with E-state index in [1.54, 1.807) is 10.9 Å². The van der Waals surface area contributed by atoms with Gasteiger partial charge in [0.1, 0.15) is 6.04 Å². The van der Waals surface area contributed by atoms with E-state index in [2.05, 4.69) is 29.4 Å². The van der Waals surface area contributed by atoms with Gasteiger partial charge in [-0.05, 0) is 39.4 Å². The molecule has 2 rings (SSSR count). The molecule has 5 heteroatoms. The Morgan fingerprint density at radius 1 is 1.32 bits per heavy atom. The number of nitrogens with one attached hydrogen (secondary N) is 1. The van der Waals surface area contributed by atoms with Gasteiger partial charge in [-0.2, -0.15) is 5.10 Å².